The molecule has 0 amide bonds. The summed E-state index contributed by atoms with van der Waals surface area (Å²) in [5, 5.41) is 2.33. The van der Waals surface area contributed by atoms with Gasteiger partial charge in [0.05, 0.1) is 5.69 Å². The number of halogens is 2. The molecule has 0 N–H and O–H groups in total. The lowest BCUT2D eigenvalue weighted by Gasteiger charge is -1.98. The van der Waals surface area contributed by atoms with Gasteiger partial charge in [-0.2, -0.15) is 0 Å². The van der Waals surface area contributed by atoms with E-state index < -0.39 is 11.1 Å². The molecule has 4 nitrogen and oxygen atoms in total. The number of benzene rings is 1. The minimum Gasteiger partial charge on any atom is -0.276 e. The van der Waals surface area contributed by atoms with E-state index in [2.05, 4.69) is 10.0 Å². The fraction of sp³-hybridized carbons (Fsp3) is 0. The van der Waals surface area contributed by atoms with Crippen molar-refractivity contribution in [2.75, 3.05) is 0 Å². The molecule has 0 saturated carbocycles. The van der Waals surface area contributed by atoms with Crippen LogP contribution in [0.15, 0.2) is 23.3 Å². The van der Waals surface area contributed by atoms with E-state index in [4.69, 9.17) is 17.1 Å². The number of hydrogen-bond donors (Lipinski definition) is 0. The van der Waals surface area contributed by atoms with Gasteiger partial charge in [0.15, 0.2) is 0 Å². The Balaban J connectivity index is 3.34. The van der Waals surface area contributed by atoms with Crippen LogP contribution in [-0.4, -0.2) is 5.24 Å². The Morgan fingerprint density at radius 1 is 1.62 bits per heavy atom. The smallest absolute Gasteiger partial charge is 0.252 e. The summed E-state index contributed by atoms with van der Waals surface area (Å²) in [5.74, 6) is -0.593. The number of carbonyl (C=O) groups is 1. The predicted molar refractivity (Wildman–Crippen MR) is 45.4 cm³/mol. The summed E-state index contributed by atoms with van der Waals surface area (Å²) in [6, 6.07) is 3.16. The summed E-state index contributed by atoms with van der Waals surface area (Å²) >= 11 is 5.15. The Labute approximate surface area is 77.6 Å². The van der Waals surface area contributed by atoms with Crippen LogP contribution in [0.25, 0.3) is 10.4 Å². The second-order valence-electron chi connectivity index (χ2n) is 2.12. The molecule has 0 aliphatic heterocycles. The lowest BCUT2D eigenvalue weighted by molar-refractivity contribution is 0.108. The average Bonchev–Trinajstić information content (AvgIpc) is 2.04. The van der Waals surface area contributed by atoms with E-state index in [1.54, 1.807) is 0 Å². The first-order valence-corrected chi connectivity index (χ1v) is 3.57. The summed E-state index contributed by atoms with van der Waals surface area (Å²) in [4.78, 5) is 13.1. The van der Waals surface area contributed by atoms with Crippen molar-refractivity contribution in [2.45, 2.75) is 0 Å². The molecular formula is C7H3ClFN3O. The molecule has 0 aliphatic rings. The first-order chi connectivity index (χ1) is 6.15. The molecule has 1 rings (SSSR count). The maximum absolute atomic E-state index is 12.6. The molecule has 6 heteroatoms. The molecule has 0 radical (unpaired) electrons. The van der Waals surface area contributed by atoms with Crippen LogP contribution in [0.1, 0.15) is 10.4 Å². The van der Waals surface area contributed by atoms with Crippen LogP contribution in [-0.2, 0) is 0 Å². The van der Waals surface area contributed by atoms with Gasteiger partial charge < -0.3 is 0 Å². The minimum atomic E-state index is -0.789. The van der Waals surface area contributed by atoms with Crippen LogP contribution in [0.5, 0.6) is 0 Å². The van der Waals surface area contributed by atoms with Crippen LogP contribution in [0.4, 0.5) is 10.1 Å². The van der Waals surface area contributed by atoms with Crippen molar-refractivity contribution in [3.05, 3.63) is 40.0 Å². The molecule has 0 bridgehead atoms. The van der Waals surface area contributed by atoms with Gasteiger partial charge in [0.1, 0.15) is 5.82 Å². The van der Waals surface area contributed by atoms with Crippen LogP contribution >= 0.6 is 11.6 Å². The number of carbonyl (C=O) groups excluding carboxylic acids is 1. The van der Waals surface area contributed by atoms with Crippen molar-refractivity contribution in [2.24, 2.45) is 5.11 Å². The molecule has 0 saturated heterocycles. The van der Waals surface area contributed by atoms with Gasteiger partial charge in [-0.15, -0.1) is 0 Å². The zero-order valence-electron chi connectivity index (χ0n) is 6.24. The quantitative estimate of drug-likeness (QED) is 0.312. The number of azide groups is 1. The van der Waals surface area contributed by atoms with E-state index >= 15 is 0 Å². The van der Waals surface area contributed by atoms with Gasteiger partial charge >= 0.3 is 0 Å². The maximum Gasteiger partial charge on any atom is 0.252 e. The highest BCUT2D eigenvalue weighted by molar-refractivity contribution is 6.68. The summed E-state index contributed by atoms with van der Waals surface area (Å²) in [6.07, 6.45) is 0. The summed E-state index contributed by atoms with van der Waals surface area (Å²) in [7, 11) is 0. The second-order valence-corrected chi connectivity index (χ2v) is 2.47. The Bertz CT molecular complexity index is 401. The van der Waals surface area contributed by atoms with E-state index in [1.807, 2.05) is 0 Å². The van der Waals surface area contributed by atoms with Crippen LogP contribution in [0.3, 0.4) is 0 Å². The first-order valence-electron chi connectivity index (χ1n) is 3.19. The van der Waals surface area contributed by atoms with E-state index in [-0.39, 0.29) is 11.3 Å². The first kappa shape index (κ1) is 9.51. The minimum absolute atomic E-state index is 0.0131. The average molecular weight is 200 g/mol. The Morgan fingerprint density at radius 3 is 2.85 bits per heavy atom. The lowest BCUT2D eigenvalue weighted by Crippen LogP contribution is -1.89. The number of hydrogen-bond acceptors (Lipinski definition) is 2. The highest BCUT2D eigenvalue weighted by Crippen LogP contribution is 2.22. The number of rotatable bonds is 2. The largest absolute Gasteiger partial charge is 0.276 e. The molecular weight excluding hydrogens is 197 g/mol. The monoisotopic (exact) mass is 199 g/mol. The second kappa shape index (κ2) is 3.89. The maximum atomic E-state index is 12.6. The van der Waals surface area contributed by atoms with Crippen molar-refractivity contribution in [3.8, 4) is 0 Å². The summed E-state index contributed by atoms with van der Waals surface area (Å²) in [6.45, 7) is 0. The standard InChI is InChI=1S/C7H3ClFN3O/c8-7(13)5-2-1-4(9)3-6(5)11-12-10/h1-3H. The molecule has 0 atom stereocenters. The van der Waals surface area contributed by atoms with Crippen molar-refractivity contribution >= 4 is 22.5 Å². The molecule has 0 aromatic heterocycles. The molecule has 0 unspecified atom stereocenters. The molecule has 0 fully saturated rings. The molecule has 1 aromatic carbocycles. The van der Waals surface area contributed by atoms with Crippen molar-refractivity contribution in [3.63, 3.8) is 0 Å². The molecule has 0 heterocycles. The van der Waals surface area contributed by atoms with Gasteiger partial charge in [0.25, 0.3) is 5.24 Å². The van der Waals surface area contributed by atoms with Gasteiger partial charge in [-0.3, -0.25) is 4.79 Å². The van der Waals surface area contributed by atoms with Crippen LogP contribution in [0.2, 0.25) is 0 Å². The zero-order chi connectivity index (χ0) is 9.84. The number of nitrogens with zero attached hydrogens (tertiary/aromatic N) is 3. The third kappa shape index (κ3) is 2.18. The molecule has 0 aliphatic carbocycles. The third-order valence-corrected chi connectivity index (χ3v) is 1.53. The summed E-state index contributed by atoms with van der Waals surface area (Å²) < 4.78 is 12.6. The van der Waals surface area contributed by atoms with Crippen molar-refractivity contribution < 1.29 is 9.18 Å². The van der Waals surface area contributed by atoms with Gasteiger partial charge in [0, 0.05) is 10.5 Å². The normalized spacial score (nSPS) is 9.08. The zero-order valence-corrected chi connectivity index (χ0v) is 6.99. The molecule has 0 spiro atoms. The molecule has 1 aromatic rings. The molecule has 13 heavy (non-hydrogen) atoms. The van der Waals surface area contributed by atoms with E-state index in [9.17, 15) is 9.18 Å². The molecule has 66 valence electrons. The Morgan fingerprint density at radius 2 is 2.31 bits per heavy atom. The fourth-order valence-corrected chi connectivity index (χ4v) is 0.962. The highest BCUT2D eigenvalue weighted by atomic mass is 35.5. The highest BCUT2D eigenvalue weighted by Gasteiger charge is 2.07. The van der Waals surface area contributed by atoms with Gasteiger partial charge in [-0.25, -0.2) is 4.39 Å². The summed E-state index contributed by atoms with van der Waals surface area (Å²) in [5.41, 5.74) is 7.98. The Hall–Kier alpha value is -1.58. The topological polar surface area (TPSA) is 65.8 Å². The van der Waals surface area contributed by atoms with Gasteiger partial charge in [0.2, 0.25) is 0 Å². The van der Waals surface area contributed by atoms with Crippen LogP contribution < -0.4 is 0 Å². The lowest BCUT2D eigenvalue weighted by atomic mass is 10.2. The van der Waals surface area contributed by atoms with Gasteiger partial charge in [-0.05, 0) is 35.3 Å². The SMILES string of the molecule is [N-]=[N+]=Nc1cc(F)ccc1C(=O)Cl. The van der Waals surface area contributed by atoms with Crippen molar-refractivity contribution in [1.82, 2.24) is 0 Å². The van der Waals surface area contributed by atoms with E-state index in [0.29, 0.717) is 0 Å². The van der Waals surface area contributed by atoms with E-state index in [1.165, 1.54) is 0 Å². The van der Waals surface area contributed by atoms with Crippen molar-refractivity contribution in [1.29, 1.82) is 0 Å². The van der Waals surface area contributed by atoms with Gasteiger partial charge in [-0.1, -0.05) is 5.11 Å². The van der Waals surface area contributed by atoms with Crippen LogP contribution in [0, 0.1) is 5.82 Å². The predicted octanol–water partition coefficient (Wildman–Crippen LogP) is 3.15. The third-order valence-electron chi connectivity index (χ3n) is 1.32. The van der Waals surface area contributed by atoms with E-state index in [0.717, 1.165) is 18.2 Å². The Kier molecular flexibility index (Phi) is 2.84. The fourth-order valence-electron chi connectivity index (χ4n) is 0.802.